The van der Waals surface area contributed by atoms with Gasteiger partial charge >= 0.3 is 12.0 Å². The summed E-state index contributed by atoms with van der Waals surface area (Å²) < 4.78 is 0. The number of carboxylic acids is 1. The summed E-state index contributed by atoms with van der Waals surface area (Å²) in [6, 6.07) is 0.343. The van der Waals surface area contributed by atoms with Gasteiger partial charge < -0.3 is 15.3 Å². The number of fused-ring (bicyclic) bond motifs is 1. The first-order valence-corrected chi connectivity index (χ1v) is 7.40. The van der Waals surface area contributed by atoms with Gasteiger partial charge in [-0.15, -0.1) is 0 Å². The number of carbonyl (C=O) groups excluding carboxylic acids is 1. The van der Waals surface area contributed by atoms with E-state index in [2.05, 4.69) is 5.32 Å². The van der Waals surface area contributed by atoms with Crippen molar-refractivity contribution in [2.45, 2.75) is 51.0 Å². The van der Waals surface area contributed by atoms with E-state index < -0.39 is 11.4 Å². The summed E-state index contributed by atoms with van der Waals surface area (Å²) >= 11 is 0. The minimum atomic E-state index is -0.773. The van der Waals surface area contributed by atoms with Crippen LogP contribution in [-0.2, 0) is 4.79 Å². The van der Waals surface area contributed by atoms with Gasteiger partial charge in [0.2, 0.25) is 0 Å². The SMILES string of the molecule is O=C(NCC1(C(=O)O)CC1)N1CCC2CCCCC21. The molecule has 1 heterocycles. The summed E-state index contributed by atoms with van der Waals surface area (Å²) in [4.78, 5) is 25.2. The Morgan fingerprint density at radius 2 is 1.95 bits per heavy atom. The van der Waals surface area contributed by atoms with Crippen molar-refractivity contribution in [1.82, 2.24) is 10.2 Å². The normalized spacial score (nSPS) is 31.7. The highest BCUT2D eigenvalue weighted by Crippen LogP contribution is 2.45. The third kappa shape index (κ3) is 2.30. The van der Waals surface area contributed by atoms with Crippen LogP contribution in [0.1, 0.15) is 44.9 Å². The van der Waals surface area contributed by atoms with E-state index in [0.717, 1.165) is 19.4 Å². The molecule has 0 aromatic carbocycles. The first-order chi connectivity index (χ1) is 9.12. The number of rotatable bonds is 3. The summed E-state index contributed by atoms with van der Waals surface area (Å²) in [5.74, 6) is -0.0985. The molecule has 106 valence electrons. The molecule has 0 aromatic rings. The van der Waals surface area contributed by atoms with Gasteiger partial charge in [0.05, 0.1) is 5.41 Å². The Morgan fingerprint density at radius 1 is 1.21 bits per heavy atom. The number of hydrogen-bond donors (Lipinski definition) is 2. The molecule has 0 spiro atoms. The number of hydrogen-bond acceptors (Lipinski definition) is 2. The summed E-state index contributed by atoms with van der Waals surface area (Å²) in [6.07, 6.45) is 7.35. The van der Waals surface area contributed by atoms with Crippen LogP contribution >= 0.6 is 0 Å². The molecule has 1 aliphatic heterocycles. The molecule has 3 rings (SSSR count). The molecule has 2 unspecified atom stereocenters. The van der Waals surface area contributed by atoms with E-state index in [1.165, 1.54) is 19.3 Å². The van der Waals surface area contributed by atoms with Crippen LogP contribution < -0.4 is 5.32 Å². The minimum Gasteiger partial charge on any atom is -0.481 e. The highest BCUT2D eigenvalue weighted by atomic mass is 16.4. The number of aliphatic carboxylic acids is 1. The Balaban J connectivity index is 1.54. The molecule has 2 aliphatic carbocycles. The molecule has 2 amide bonds. The van der Waals surface area contributed by atoms with Crippen LogP contribution in [0.15, 0.2) is 0 Å². The second-order valence-corrected chi connectivity index (χ2v) is 6.34. The maximum atomic E-state index is 12.2. The molecule has 0 aromatic heterocycles. The predicted molar refractivity (Wildman–Crippen MR) is 69.8 cm³/mol. The van der Waals surface area contributed by atoms with Gasteiger partial charge in [-0.2, -0.15) is 0 Å². The van der Waals surface area contributed by atoms with Gasteiger partial charge in [0.25, 0.3) is 0 Å². The Morgan fingerprint density at radius 3 is 2.63 bits per heavy atom. The number of carbonyl (C=O) groups is 2. The van der Waals surface area contributed by atoms with Crippen molar-refractivity contribution in [3.8, 4) is 0 Å². The van der Waals surface area contributed by atoms with E-state index in [1.54, 1.807) is 0 Å². The van der Waals surface area contributed by atoms with Crippen molar-refractivity contribution in [2.75, 3.05) is 13.1 Å². The molecule has 5 heteroatoms. The van der Waals surface area contributed by atoms with Gasteiger partial charge in [-0.25, -0.2) is 4.79 Å². The third-order valence-electron chi connectivity index (χ3n) is 5.16. The Labute approximate surface area is 113 Å². The quantitative estimate of drug-likeness (QED) is 0.818. The maximum absolute atomic E-state index is 12.2. The standard InChI is InChI=1S/C14H22N2O3/c17-12(18)14(6-7-14)9-15-13(19)16-8-5-10-3-1-2-4-11(10)16/h10-11H,1-9H2,(H,15,19)(H,17,18). The first-order valence-electron chi connectivity index (χ1n) is 7.40. The first kappa shape index (κ1) is 12.8. The summed E-state index contributed by atoms with van der Waals surface area (Å²) in [5.41, 5.74) is -0.665. The van der Waals surface area contributed by atoms with E-state index in [-0.39, 0.29) is 12.6 Å². The summed E-state index contributed by atoms with van der Waals surface area (Å²) in [7, 11) is 0. The third-order valence-corrected chi connectivity index (χ3v) is 5.16. The van der Waals surface area contributed by atoms with Crippen molar-refractivity contribution in [1.29, 1.82) is 0 Å². The lowest BCUT2D eigenvalue weighted by molar-refractivity contribution is -0.143. The van der Waals surface area contributed by atoms with E-state index in [0.29, 0.717) is 24.8 Å². The number of likely N-dealkylation sites (tertiary alicyclic amines) is 1. The van der Waals surface area contributed by atoms with Gasteiger partial charge in [-0.05, 0) is 38.0 Å². The molecule has 0 bridgehead atoms. The topological polar surface area (TPSA) is 69.6 Å². The van der Waals surface area contributed by atoms with Crippen LogP contribution in [0.5, 0.6) is 0 Å². The fourth-order valence-electron chi connectivity index (χ4n) is 3.62. The fraction of sp³-hybridized carbons (Fsp3) is 0.857. The molecule has 2 atom stereocenters. The van der Waals surface area contributed by atoms with E-state index >= 15 is 0 Å². The van der Waals surface area contributed by atoms with Gasteiger partial charge in [-0.3, -0.25) is 4.79 Å². The minimum absolute atomic E-state index is 0.0538. The Bertz CT molecular complexity index is 392. The van der Waals surface area contributed by atoms with Gasteiger partial charge in [-0.1, -0.05) is 12.8 Å². The largest absolute Gasteiger partial charge is 0.481 e. The zero-order chi connectivity index (χ0) is 13.5. The number of urea groups is 1. The van der Waals surface area contributed by atoms with Crippen molar-refractivity contribution < 1.29 is 14.7 Å². The second-order valence-electron chi connectivity index (χ2n) is 6.34. The van der Waals surface area contributed by atoms with Crippen molar-refractivity contribution >= 4 is 12.0 Å². The monoisotopic (exact) mass is 266 g/mol. The molecular weight excluding hydrogens is 244 g/mol. The van der Waals surface area contributed by atoms with E-state index in [1.807, 2.05) is 4.90 Å². The van der Waals surface area contributed by atoms with Crippen molar-refractivity contribution in [3.63, 3.8) is 0 Å². The lowest BCUT2D eigenvalue weighted by Crippen LogP contribution is -2.47. The van der Waals surface area contributed by atoms with Crippen LogP contribution in [0.3, 0.4) is 0 Å². The maximum Gasteiger partial charge on any atom is 0.317 e. The molecule has 2 saturated carbocycles. The average molecular weight is 266 g/mol. The van der Waals surface area contributed by atoms with Gasteiger partial charge in [0.1, 0.15) is 0 Å². The summed E-state index contributed by atoms with van der Waals surface area (Å²) in [5, 5.41) is 12.0. The molecule has 3 aliphatic rings. The number of nitrogens with zero attached hydrogens (tertiary/aromatic N) is 1. The molecule has 19 heavy (non-hydrogen) atoms. The molecule has 3 fully saturated rings. The van der Waals surface area contributed by atoms with E-state index in [4.69, 9.17) is 5.11 Å². The molecule has 0 radical (unpaired) electrons. The van der Waals surface area contributed by atoms with E-state index in [9.17, 15) is 9.59 Å². The highest BCUT2D eigenvalue weighted by molar-refractivity contribution is 5.80. The van der Waals surface area contributed by atoms with Gasteiger partial charge in [0.15, 0.2) is 0 Å². The zero-order valence-corrected chi connectivity index (χ0v) is 11.2. The smallest absolute Gasteiger partial charge is 0.317 e. The summed E-state index contributed by atoms with van der Waals surface area (Å²) in [6.45, 7) is 1.12. The molecule has 1 saturated heterocycles. The lowest BCUT2D eigenvalue weighted by atomic mass is 9.85. The lowest BCUT2D eigenvalue weighted by Gasteiger charge is -2.32. The number of amides is 2. The van der Waals surface area contributed by atoms with Crippen molar-refractivity contribution in [3.05, 3.63) is 0 Å². The Hall–Kier alpha value is -1.26. The van der Waals surface area contributed by atoms with Crippen LogP contribution in [0.25, 0.3) is 0 Å². The highest BCUT2D eigenvalue weighted by Gasteiger charge is 2.50. The van der Waals surface area contributed by atoms with Crippen LogP contribution in [-0.4, -0.2) is 41.1 Å². The zero-order valence-electron chi connectivity index (χ0n) is 11.2. The number of nitrogens with one attached hydrogen (secondary N) is 1. The van der Waals surface area contributed by atoms with Gasteiger partial charge in [0, 0.05) is 19.1 Å². The van der Waals surface area contributed by atoms with Crippen LogP contribution in [0.4, 0.5) is 4.79 Å². The van der Waals surface area contributed by atoms with Crippen molar-refractivity contribution in [2.24, 2.45) is 11.3 Å². The Kier molecular flexibility index (Phi) is 3.15. The fourth-order valence-corrected chi connectivity index (χ4v) is 3.62. The predicted octanol–water partition coefficient (Wildman–Crippen LogP) is 1.83. The number of carboxylic acid groups (broad SMARTS) is 1. The van der Waals surface area contributed by atoms with Crippen LogP contribution in [0, 0.1) is 11.3 Å². The van der Waals surface area contributed by atoms with Crippen LogP contribution in [0.2, 0.25) is 0 Å². The molecular formula is C14H22N2O3. The average Bonchev–Trinajstić information content (AvgIpc) is 3.09. The molecule has 5 nitrogen and oxygen atoms in total. The second kappa shape index (κ2) is 4.69. The molecule has 2 N–H and O–H groups in total.